The normalized spacial score (nSPS) is 17.9. The topological polar surface area (TPSA) is 41.1 Å². The molecule has 0 saturated heterocycles. The monoisotopic (exact) mass is 236 g/mol. The predicted molar refractivity (Wildman–Crippen MR) is 64.1 cm³/mol. The van der Waals surface area contributed by atoms with Crippen LogP contribution in [0.1, 0.15) is 30.0 Å². The molecular formula is C13H17FN2O. The van der Waals surface area contributed by atoms with Crippen molar-refractivity contribution < 1.29 is 9.18 Å². The lowest BCUT2D eigenvalue weighted by atomic mass is 10.1. The second kappa shape index (κ2) is 5.27. The summed E-state index contributed by atoms with van der Waals surface area (Å²) < 4.78 is 13.5. The third-order valence-corrected chi connectivity index (χ3v) is 3.15. The molecule has 0 bridgehead atoms. The molecule has 1 atom stereocenters. The zero-order chi connectivity index (χ0) is 12.3. The average Bonchev–Trinajstić information content (AvgIpc) is 2.71. The summed E-state index contributed by atoms with van der Waals surface area (Å²) in [7, 11) is 1.81. The van der Waals surface area contributed by atoms with Gasteiger partial charge in [-0.25, -0.2) is 4.39 Å². The summed E-state index contributed by atoms with van der Waals surface area (Å²) in [5, 5.41) is 5.88. The molecule has 0 heterocycles. The van der Waals surface area contributed by atoms with Crippen molar-refractivity contribution in [1.82, 2.24) is 10.6 Å². The van der Waals surface area contributed by atoms with Crippen LogP contribution in [-0.2, 0) is 11.2 Å². The van der Waals surface area contributed by atoms with E-state index >= 15 is 0 Å². The number of hydrogen-bond acceptors (Lipinski definition) is 2. The lowest BCUT2D eigenvalue weighted by Crippen LogP contribution is -2.29. The van der Waals surface area contributed by atoms with Gasteiger partial charge in [-0.05, 0) is 37.1 Å². The van der Waals surface area contributed by atoms with Gasteiger partial charge in [-0.1, -0.05) is 12.1 Å². The van der Waals surface area contributed by atoms with E-state index in [9.17, 15) is 9.18 Å². The lowest BCUT2D eigenvalue weighted by molar-refractivity contribution is -0.121. The van der Waals surface area contributed by atoms with Crippen LogP contribution in [0.5, 0.6) is 0 Å². The minimum absolute atomic E-state index is 0.0152. The molecule has 1 unspecified atom stereocenters. The number of carbonyl (C=O) groups excluding carboxylic acids is 1. The summed E-state index contributed by atoms with van der Waals surface area (Å²) >= 11 is 0. The van der Waals surface area contributed by atoms with E-state index in [2.05, 4.69) is 10.6 Å². The van der Waals surface area contributed by atoms with Crippen molar-refractivity contribution in [2.45, 2.75) is 25.3 Å². The van der Waals surface area contributed by atoms with Gasteiger partial charge in [-0.2, -0.15) is 0 Å². The second-order valence-electron chi connectivity index (χ2n) is 4.32. The Morgan fingerprint density at radius 1 is 1.53 bits per heavy atom. The lowest BCUT2D eigenvalue weighted by Gasteiger charge is -2.14. The van der Waals surface area contributed by atoms with Crippen LogP contribution in [0.3, 0.4) is 0 Å². The molecule has 1 aliphatic rings. The molecule has 0 fully saturated rings. The molecule has 1 aromatic carbocycles. The van der Waals surface area contributed by atoms with Crippen molar-refractivity contribution >= 4 is 5.91 Å². The Kier molecular flexibility index (Phi) is 3.74. The molecule has 1 aromatic rings. The van der Waals surface area contributed by atoms with E-state index in [0.29, 0.717) is 19.4 Å². The average molecular weight is 236 g/mol. The molecule has 0 spiro atoms. The summed E-state index contributed by atoms with van der Waals surface area (Å²) in [6.07, 6.45) is 1.96. The Labute approximate surface area is 100 Å². The molecule has 17 heavy (non-hydrogen) atoms. The summed E-state index contributed by atoms with van der Waals surface area (Å²) in [6, 6.07) is 5.05. The maximum absolute atomic E-state index is 13.5. The van der Waals surface area contributed by atoms with Gasteiger partial charge < -0.3 is 10.6 Å². The highest BCUT2D eigenvalue weighted by molar-refractivity contribution is 5.76. The predicted octanol–water partition coefficient (Wildman–Crippen LogP) is 1.54. The molecule has 2 N–H and O–H groups in total. The van der Waals surface area contributed by atoms with Crippen molar-refractivity contribution in [2.75, 3.05) is 13.6 Å². The third-order valence-electron chi connectivity index (χ3n) is 3.15. The molecule has 3 nitrogen and oxygen atoms in total. The fourth-order valence-electron chi connectivity index (χ4n) is 2.26. The molecule has 92 valence electrons. The highest BCUT2D eigenvalue weighted by Gasteiger charge is 2.25. The summed E-state index contributed by atoms with van der Waals surface area (Å²) in [4.78, 5) is 11.6. The van der Waals surface area contributed by atoms with Gasteiger partial charge >= 0.3 is 0 Å². The highest BCUT2D eigenvalue weighted by atomic mass is 19.1. The van der Waals surface area contributed by atoms with Gasteiger partial charge in [0.25, 0.3) is 0 Å². The Morgan fingerprint density at radius 3 is 3.12 bits per heavy atom. The van der Waals surface area contributed by atoms with Crippen LogP contribution in [-0.4, -0.2) is 19.5 Å². The van der Waals surface area contributed by atoms with E-state index in [1.165, 1.54) is 6.07 Å². The molecule has 0 radical (unpaired) electrons. The van der Waals surface area contributed by atoms with Crippen molar-refractivity contribution in [3.8, 4) is 0 Å². The maximum Gasteiger partial charge on any atom is 0.221 e. The number of hydrogen-bond donors (Lipinski definition) is 2. The van der Waals surface area contributed by atoms with Gasteiger partial charge in [0.1, 0.15) is 5.82 Å². The van der Waals surface area contributed by atoms with E-state index < -0.39 is 0 Å². The number of fused-ring (bicyclic) bond motifs is 1. The van der Waals surface area contributed by atoms with Gasteiger partial charge in [0.15, 0.2) is 0 Å². The Hall–Kier alpha value is -1.42. The van der Waals surface area contributed by atoms with Crippen LogP contribution >= 0.6 is 0 Å². The molecule has 0 saturated carbocycles. The van der Waals surface area contributed by atoms with Gasteiger partial charge in [-0.3, -0.25) is 4.79 Å². The van der Waals surface area contributed by atoms with E-state index in [0.717, 1.165) is 17.5 Å². The number of nitrogens with one attached hydrogen (secondary N) is 2. The van der Waals surface area contributed by atoms with Crippen LogP contribution in [0, 0.1) is 5.82 Å². The van der Waals surface area contributed by atoms with Gasteiger partial charge in [0.05, 0.1) is 6.04 Å². The quantitative estimate of drug-likeness (QED) is 0.832. The van der Waals surface area contributed by atoms with E-state index in [1.807, 2.05) is 13.1 Å². The van der Waals surface area contributed by atoms with Gasteiger partial charge in [0, 0.05) is 13.0 Å². The van der Waals surface area contributed by atoms with Crippen molar-refractivity contribution in [1.29, 1.82) is 0 Å². The minimum Gasteiger partial charge on any atom is -0.349 e. The van der Waals surface area contributed by atoms with Crippen molar-refractivity contribution in [2.24, 2.45) is 0 Å². The number of benzene rings is 1. The number of halogens is 1. The first-order valence-electron chi connectivity index (χ1n) is 5.93. The molecule has 1 amide bonds. The Bertz CT molecular complexity index is 420. The van der Waals surface area contributed by atoms with Gasteiger partial charge in [-0.15, -0.1) is 0 Å². The largest absolute Gasteiger partial charge is 0.349 e. The zero-order valence-electron chi connectivity index (χ0n) is 9.92. The van der Waals surface area contributed by atoms with Crippen molar-refractivity contribution in [3.63, 3.8) is 0 Å². The standard InChI is InChI=1S/C13H17FN2O/c1-15-8-7-13(17)16-12-6-5-9-10(12)3-2-4-11(9)14/h2-4,12,15H,5-8H2,1H3,(H,16,17). The summed E-state index contributed by atoms with van der Waals surface area (Å²) in [5.41, 5.74) is 1.69. The third kappa shape index (κ3) is 2.64. The van der Waals surface area contributed by atoms with E-state index in [1.54, 1.807) is 6.07 Å². The number of rotatable bonds is 4. The Balaban J connectivity index is 2.02. The fraction of sp³-hybridized carbons (Fsp3) is 0.462. The Morgan fingerprint density at radius 2 is 2.35 bits per heavy atom. The first-order valence-corrected chi connectivity index (χ1v) is 5.93. The van der Waals surface area contributed by atoms with Crippen LogP contribution in [0.2, 0.25) is 0 Å². The molecule has 4 heteroatoms. The second-order valence-corrected chi connectivity index (χ2v) is 4.32. The van der Waals surface area contributed by atoms with Crippen LogP contribution in [0.25, 0.3) is 0 Å². The van der Waals surface area contributed by atoms with Crippen molar-refractivity contribution in [3.05, 3.63) is 35.1 Å². The first kappa shape index (κ1) is 12.0. The first-order chi connectivity index (χ1) is 8.22. The SMILES string of the molecule is CNCCC(=O)NC1CCc2c(F)cccc21. The maximum atomic E-state index is 13.5. The van der Waals surface area contributed by atoms with Crippen LogP contribution in [0.15, 0.2) is 18.2 Å². The van der Waals surface area contributed by atoms with Gasteiger partial charge in [0.2, 0.25) is 5.91 Å². The smallest absolute Gasteiger partial charge is 0.221 e. The molecule has 0 aromatic heterocycles. The summed E-state index contributed by atoms with van der Waals surface area (Å²) in [5.74, 6) is -0.143. The number of amides is 1. The number of carbonyl (C=O) groups is 1. The van der Waals surface area contributed by atoms with Crippen LogP contribution < -0.4 is 10.6 Å². The highest BCUT2D eigenvalue weighted by Crippen LogP contribution is 2.32. The molecule has 0 aliphatic heterocycles. The van der Waals surface area contributed by atoms with E-state index in [4.69, 9.17) is 0 Å². The molecule has 2 rings (SSSR count). The molecule has 1 aliphatic carbocycles. The minimum atomic E-state index is -0.158. The fourth-order valence-corrected chi connectivity index (χ4v) is 2.26. The summed E-state index contributed by atoms with van der Waals surface area (Å²) in [6.45, 7) is 0.661. The van der Waals surface area contributed by atoms with E-state index in [-0.39, 0.29) is 17.8 Å². The molecular weight excluding hydrogens is 219 g/mol. The van der Waals surface area contributed by atoms with Crippen LogP contribution in [0.4, 0.5) is 4.39 Å². The zero-order valence-corrected chi connectivity index (χ0v) is 9.92.